The van der Waals surface area contributed by atoms with Crippen LogP contribution >= 0.6 is 11.6 Å². The maximum Gasteiger partial charge on any atom is 0.273 e. The van der Waals surface area contributed by atoms with Gasteiger partial charge in [-0.15, -0.1) is 5.10 Å². The minimum atomic E-state index is -0.385. The van der Waals surface area contributed by atoms with Gasteiger partial charge in [0.1, 0.15) is 5.75 Å². The number of phenols is 1. The Hall–Kier alpha value is -3.39. The summed E-state index contributed by atoms with van der Waals surface area (Å²) in [6, 6.07) is 12.9. The number of nitrogens with zero attached hydrogens (tertiary/aromatic N) is 3. The van der Waals surface area contributed by atoms with Gasteiger partial charge in [0.25, 0.3) is 11.8 Å². The normalized spacial score (nSPS) is 10.5. The van der Waals surface area contributed by atoms with Crippen LogP contribution in [0, 0.1) is 6.92 Å². The van der Waals surface area contributed by atoms with Gasteiger partial charge in [-0.25, -0.2) is 0 Å². The summed E-state index contributed by atoms with van der Waals surface area (Å²) in [5.41, 5.74) is 1.75. The summed E-state index contributed by atoms with van der Waals surface area (Å²) in [5, 5.41) is 23.6. The molecule has 0 radical (unpaired) electrons. The van der Waals surface area contributed by atoms with Gasteiger partial charge in [0, 0.05) is 23.7 Å². The molecule has 144 valence electrons. The number of aromatic nitrogens is 3. The van der Waals surface area contributed by atoms with Crippen LogP contribution in [0.4, 0.5) is 0 Å². The van der Waals surface area contributed by atoms with Crippen molar-refractivity contribution in [2.24, 2.45) is 0 Å². The highest BCUT2D eigenvalue weighted by Crippen LogP contribution is 2.14. The third-order valence-corrected chi connectivity index (χ3v) is 4.10. The van der Waals surface area contributed by atoms with Gasteiger partial charge in [-0.05, 0) is 49.4 Å². The average Bonchev–Trinajstić information content (AvgIpc) is 3.07. The molecule has 0 atom stereocenters. The van der Waals surface area contributed by atoms with Crippen LogP contribution in [0.2, 0.25) is 5.02 Å². The fourth-order valence-electron chi connectivity index (χ4n) is 2.46. The molecule has 0 aliphatic heterocycles. The number of phenolic OH excluding ortho intramolecular Hbond substituents is 1. The number of amides is 2. The fraction of sp³-hybridized carbons (Fsp3) is 0.158. The minimum Gasteiger partial charge on any atom is -0.508 e. The Morgan fingerprint density at radius 2 is 1.71 bits per heavy atom. The van der Waals surface area contributed by atoms with E-state index in [9.17, 15) is 14.7 Å². The molecule has 9 heteroatoms. The van der Waals surface area contributed by atoms with Crippen LogP contribution in [0.5, 0.6) is 5.75 Å². The molecule has 28 heavy (non-hydrogen) atoms. The summed E-state index contributed by atoms with van der Waals surface area (Å²) in [6.07, 6.45) is 0. The first-order valence-electron chi connectivity index (χ1n) is 8.49. The number of halogens is 1. The zero-order valence-electron chi connectivity index (χ0n) is 15.0. The number of hydrogen-bond acceptors (Lipinski definition) is 5. The molecule has 3 rings (SSSR count). The molecule has 0 saturated carbocycles. The van der Waals surface area contributed by atoms with Crippen molar-refractivity contribution in [3.63, 3.8) is 0 Å². The summed E-state index contributed by atoms with van der Waals surface area (Å²) in [4.78, 5) is 25.7. The molecule has 0 spiro atoms. The number of carbonyl (C=O) groups excluding carboxylic acids is 2. The van der Waals surface area contributed by atoms with Gasteiger partial charge in [0.2, 0.25) is 0 Å². The lowest BCUT2D eigenvalue weighted by atomic mass is 10.2. The summed E-state index contributed by atoms with van der Waals surface area (Å²) < 4.78 is 0. The molecule has 0 aliphatic rings. The minimum absolute atomic E-state index is 0.0880. The van der Waals surface area contributed by atoms with E-state index in [1.54, 1.807) is 31.2 Å². The molecule has 0 fully saturated rings. The predicted molar refractivity (Wildman–Crippen MR) is 104 cm³/mol. The van der Waals surface area contributed by atoms with Crippen LogP contribution in [0.3, 0.4) is 0 Å². The number of nitrogens with one attached hydrogen (secondary N) is 2. The Labute approximate surface area is 166 Å². The molecule has 2 aromatic carbocycles. The number of rotatable bonds is 6. The zero-order valence-corrected chi connectivity index (χ0v) is 15.8. The third-order valence-electron chi connectivity index (χ3n) is 3.86. The molecule has 8 nitrogen and oxygen atoms in total. The van der Waals surface area contributed by atoms with Crippen molar-refractivity contribution in [2.75, 3.05) is 13.1 Å². The van der Waals surface area contributed by atoms with Gasteiger partial charge in [0.15, 0.2) is 5.69 Å². The van der Waals surface area contributed by atoms with E-state index in [2.05, 4.69) is 20.8 Å². The fourth-order valence-corrected chi connectivity index (χ4v) is 2.64. The highest BCUT2D eigenvalue weighted by Gasteiger charge is 2.16. The summed E-state index contributed by atoms with van der Waals surface area (Å²) in [7, 11) is 0. The van der Waals surface area contributed by atoms with E-state index in [0.29, 0.717) is 22.0 Å². The second-order valence-electron chi connectivity index (χ2n) is 5.96. The van der Waals surface area contributed by atoms with Crippen LogP contribution in [-0.4, -0.2) is 45.0 Å². The zero-order chi connectivity index (χ0) is 20.1. The van der Waals surface area contributed by atoms with Crippen LogP contribution in [-0.2, 0) is 0 Å². The van der Waals surface area contributed by atoms with E-state index in [-0.39, 0.29) is 36.3 Å². The molecule has 0 unspecified atom stereocenters. The Kier molecular flexibility index (Phi) is 5.90. The average molecular weight is 400 g/mol. The summed E-state index contributed by atoms with van der Waals surface area (Å²) in [6.45, 7) is 2.16. The lowest BCUT2D eigenvalue weighted by Crippen LogP contribution is -2.35. The molecule has 3 N–H and O–H groups in total. The van der Waals surface area contributed by atoms with Crippen molar-refractivity contribution < 1.29 is 14.7 Å². The van der Waals surface area contributed by atoms with E-state index in [4.69, 9.17) is 11.6 Å². The van der Waals surface area contributed by atoms with Crippen molar-refractivity contribution in [1.29, 1.82) is 0 Å². The van der Waals surface area contributed by atoms with E-state index in [0.717, 1.165) is 0 Å². The maximum atomic E-state index is 12.3. The number of benzene rings is 2. The standard InChI is InChI=1S/C19H18ClN5O3/c1-12-17(24-25(23-12)15-4-2-3-14(20)11-15)19(28)22-10-9-21-18(27)13-5-7-16(26)8-6-13/h2-8,11,26H,9-10H2,1H3,(H,21,27)(H,22,28). The topological polar surface area (TPSA) is 109 Å². The van der Waals surface area contributed by atoms with Gasteiger partial charge < -0.3 is 15.7 Å². The van der Waals surface area contributed by atoms with E-state index in [1.165, 1.54) is 29.1 Å². The Morgan fingerprint density at radius 3 is 2.39 bits per heavy atom. The van der Waals surface area contributed by atoms with Gasteiger partial charge in [-0.3, -0.25) is 9.59 Å². The molecule has 1 aromatic heterocycles. The molecule has 0 aliphatic carbocycles. The lowest BCUT2D eigenvalue weighted by Gasteiger charge is -2.06. The summed E-state index contributed by atoms with van der Waals surface area (Å²) in [5.74, 6) is -0.591. The molecule has 2 amide bonds. The largest absolute Gasteiger partial charge is 0.508 e. The van der Waals surface area contributed by atoms with Crippen LogP contribution in [0.1, 0.15) is 26.5 Å². The smallest absolute Gasteiger partial charge is 0.273 e. The molecule has 3 aromatic rings. The van der Waals surface area contributed by atoms with Crippen molar-refractivity contribution >= 4 is 23.4 Å². The van der Waals surface area contributed by atoms with E-state index < -0.39 is 0 Å². The molecular weight excluding hydrogens is 382 g/mol. The van der Waals surface area contributed by atoms with Crippen molar-refractivity contribution in [2.45, 2.75) is 6.92 Å². The van der Waals surface area contributed by atoms with E-state index >= 15 is 0 Å². The van der Waals surface area contributed by atoms with Crippen LogP contribution < -0.4 is 10.6 Å². The predicted octanol–water partition coefficient (Wildman–Crippen LogP) is 2.09. The number of hydrogen-bond donors (Lipinski definition) is 3. The first-order chi connectivity index (χ1) is 13.4. The second-order valence-corrected chi connectivity index (χ2v) is 6.40. The van der Waals surface area contributed by atoms with Crippen molar-refractivity contribution in [3.05, 3.63) is 70.5 Å². The van der Waals surface area contributed by atoms with Crippen molar-refractivity contribution in [1.82, 2.24) is 25.6 Å². The maximum absolute atomic E-state index is 12.3. The van der Waals surface area contributed by atoms with Gasteiger partial charge in [0.05, 0.1) is 11.4 Å². The van der Waals surface area contributed by atoms with Gasteiger partial charge >= 0.3 is 0 Å². The van der Waals surface area contributed by atoms with Gasteiger partial charge in [-0.2, -0.15) is 9.90 Å². The molecule has 0 bridgehead atoms. The number of aryl methyl sites for hydroxylation is 1. The quantitative estimate of drug-likeness (QED) is 0.550. The van der Waals surface area contributed by atoms with Crippen LogP contribution in [0.25, 0.3) is 5.69 Å². The monoisotopic (exact) mass is 399 g/mol. The lowest BCUT2D eigenvalue weighted by molar-refractivity contribution is 0.0924. The SMILES string of the molecule is Cc1nn(-c2cccc(Cl)c2)nc1C(=O)NCCNC(=O)c1ccc(O)cc1. The highest BCUT2D eigenvalue weighted by atomic mass is 35.5. The number of carbonyl (C=O) groups is 2. The van der Waals surface area contributed by atoms with E-state index in [1.807, 2.05) is 0 Å². The number of aromatic hydroxyl groups is 1. The van der Waals surface area contributed by atoms with Crippen molar-refractivity contribution in [3.8, 4) is 11.4 Å². The third kappa shape index (κ3) is 4.66. The molecule has 0 saturated heterocycles. The first kappa shape index (κ1) is 19.4. The van der Waals surface area contributed by atoms with Gasteiger partial charge in [-0.1, -0.05) is 17.7 Å². The molecule has 1 heterocycles. The highest BCUT2D eigenvalue weighted by molar-refractivity contribution is 6.30. The Morgan fingerprint density at radius 1 is 1.04 bits per heavy atom. The Balaban J connectivity index is 1.54. The molecular formula is C19H18ClN5O3. The van der Waals surface area contributed by atoms with Crippen LogP contribution in [0.15, 0.2) is 48.5 Å². The second kappa shape index (κ2) is 8.53. The first-order valence-corrected chi connectivity index (χ1v) is 8.87. The Bertz CT molecular complexity index is 1000. The summed E-state index contributed by atoms with van der Waals surface area (Å²) >= 11 is 5.97.